The van der Waals surface area contributed by atoms with Crippen LogP contribution >= 0.6 is 0 Å². The zero-order valence-electron chi connectivity index (χ0n) is 11.8. The lowest BCUT2D eigenvalue weighted by Crippen LogP contribution is -2.24. The summed E-state index contributed by atoms with van der Waals surface area (Å²) in [6.45, 7) is 2.60. The highest BCUT2D eigenvalue weighted by atomic mass is 16.6. The average Bonchev–Trinajstić information content (AvgIpc) is 2.49. The quantitative estimate of drug-likeness (QED) is 0.424. The molecule has 0 fully saturated rings. The lowest BCUT2D eigenvalue weighted by Gasteiger charge is -2.12. The number of nitro groups is 1. The summed E-state index contributed by atoms with van der Waals surface area (Å²) >= 11 is 0. The summed E-state index contributed by atoms with van der Waals surface area (Å²) in [5.41, 5.74) is -0.120. The Labute approximate surface area is 122 Å². The molecule has 0 aromatic heterocycles. The number of benzene rings is 1. The largest absolute Gasteiger partial charge is 0.484 e. The SMILES string of the molecule is CCCCOCC(O)COc1ccc(C#N)cc1[N+](=O)[O-]. The molecule has 7 heteroatoms. The number of rotatable bonds is 9. The van der Waals surface area contributed by atoms with Gasteiger partial charge in [-0.25, -0.2) is 0 Å². The second-order valence-electron chi connectivity index (χ2n) is 4.44. The van der Waals surface area contributed by atoms with Crippen LogP contribution in [0.2, 0.25) is 0 Å². The van der Waals surface area contributed by atoms with Crippen molar-refractivity contribution in [2.24, 2.45) is 0 Å². The van der Waals surface area contributed by atoms with Crippen LogP contribution in [-0.2, 0) is 4.74 Å². The highest BCUT2D eigenvalue weighted by Gasteiger charge is 2.17. The fourth-order valence-corrected chi connectivity index (χ4v) is 1.55. The summed E-state index contributed by atoms with van der Waals surface area (Å²) < 4.78 is 10.5. The second-order valence-corrected chi connectivity index (χ2v) is 4.44. The lowest BCUT2D eigenvalue weighted by molar-refractivity contribution is -0.386. The first-order valence-corrected chi connectivity index (χ1v) is 6.65. The van der Waals surface area contributed by atoms with Crippen molar-refractivity contribution in [3.05, 3.63) is 33.9 Å². The minimum atomic E-state index is -0.864. The normalized spacial score (nSPS) is 11.7. The number of unbranched alkanes of at least 4 members (excludes halogenated alkanes) is 1. The molecular formula is C14H18N2O5. The minimum absolute atomic E-state index is 0.0200. The summed E-state index contributed by atoms with van der Waals surface area (Å²) in [5, 5.41) is 29.3. The molecule has 0 bridgehead atoms. The molecule has 0 aliphatic rings. The zero-order valence-corrected chi connectivity index (χ0v) is 11.8. The molecule has 114 valence electrons. The van der Waals surface area contributed by atoms with Gasteiger partial charge in [-0.15, -0.1) is 0 Å². The Morgan fingerprint density at radius 3 is 2.86 bits per heavy atom. The number of nitro benzene ring substituents is 1. The molecule has 21 heavy (non-hydrogen) atoms. The molecule has 0 radical (unpaired) electrons. The first kappa shape index (κ1) is 16.9. The van der Waals surface area contributed by atoms with Gasteiger partial charge in [0.25, 0.3) is 0 Å². The van der Waals surface area contributed by atoms with Gasteiger partial charge in [0.05, 0.1) is 23.2 Å². The van der Waals surface area contributed by atoms with E-state index in [0.717, 1.165) is 18.9 Å². The van der Waals surface area contributed by atoms with Gasteiger partial charge in [0, 0.05) is 12.7 Å². The smallest absolute Gasteiger partial charge is 0.312 e. The van der Waals surface area contributed by atoms with Crippen LogP contribution in [-0.4, -0.2) is 36.0 Å². The predicted molar refractivity (Wildman–Crippen MR) is 75.0 cm³/mol. The van der Waals surface area contributed by atoms with Crippen molar-refractivity contribution in [3.8, 4) is 11.8 Å². The van der Waals surface area contributed by atoms with Crippen molar-refractivity contribution in [2.75, 3.05) is 19.8 Å². The van der Waals surface area contributed by atoms with Crippen molar-refractivity contribution < 1.29 is 19.5 Å². The number of aliphatic hydroxyl groups excluding tert-OH is 1. The van der Waals surface area contributed by atoms with Gasteiger partial charge in [-0.3, -0.25) is 10.1 Å². The third-order valence-corrected chi connectivity index (χ3v) is 2.67. The maximum atomic E-state index is 10.9. The molecule has 1 aromatic carbocycles. The number of ether oxygens (including phenoxy) is 2. The molecule has 0 saturated carbocycles. The van der Waals surface area contributed by atoms with Crippen LogP contribution in [0.4, 0.5) is 5.69 Å². The Morgan fingerprint density at radius 1 is 1.48 bits per heavy atom. The summed E-state index contributed by atoms with van der Waals surface area (Å²) in [6, 6.07) is 5.73. The molecule has 1 N–H and O–H groups in total. The van der Waals surface area contributed by atoms with E-state index in [9.17, 15) is 15.2 Å². The standard InChI is InChI=1S/C14H18N2O5/c1-2-3-6-20-9-12(17)10-21-14-5-4-11(8-15)7-13(14)16(18)19/h4-5,7,12,17H,2-3,6,9-10H2,1H3. The Bertz CT molecular complexity index is 513. The van der Waals surface area contributed by atoms with Crippen LogP contribution in [0.3, 0.4) is 0 Å². The molecule has 0 spiro atoms. The van der Waals surface area contributed by atoms with E-state index in [1.54, 1.807) is 0 Å². The number of nitrogens with zero attached hydrogens (tertiary/aromatic N) is 2. The maximum Gasteiger partial charge on any atom is 0.312 e. The summed E-state index contributed by atoms with van der Waals surface area (Å²) in [7, 11) is 0. The van der Waals surface area contributed by atoms with Crippen LogP contribution in [0.5, 0.6) is 5.75 Å². The molecule has 0 aliphatic heterocycles. The highest BCUT2D eigenvalue weighted by Crippen LogP contribution is 2.27. The molecule has 0 saturated heterocycles. The van der Waals surface area contributed by atoms with Gasteiger partial charge in [-0.05, 0) is 18.6 Å². The van der Waals surface area contributed by atoms with Crippen LogP contribution in [0, 0.1) is 21.4 Å². The minimum Gasteiger partial charge on any atom is -0.484 e. The molecule has 1 aromatic rings. The molecule has 0 heterocycles. The number of nitriles is 1. The summed E-state index contributed by atoms with van der Waals surface area (Å²) in [4.78, 5) is 10.3. The van der Waals surface area contributed by atoms with Gasteiger partial charge in [-0.2, -0.15) is 5.26 Å². The Kier molecular flexibility index (Phi) is 7.15. The number of hydrogen-bond acceptors (Lipinski definition) is 6. The van der Waals surface area contributed by atoms with Gasteiger partial charge in [0.1, 0.15) is 12.7 Å². The second kappa shape index (κ2) is 8.89. The van der Waals surface area contributed by atoms with E-state index in [-0.39, 0.29) is 30.2 Å². The first-order chi connectivity index (χ1) is 10.1. The van der Waals surface area contributed by atoms with Crippen LogP contribution in [0.15, 0.2) is 18.2 Å². The van der Waals surface area contributed by atoms with E-state index >= 15 is 0 Å². The predicted octanol–water partition coefficient (Wildman–Crippen LogP) is 2.02. The topological polar surface area (TPSA) is 106 Å². The van der Waals surface area contributed by atoms with Gasteiger partial charge in [0.2, 0.25) is 0 Å². The van der Waals surface area contributed by atoms with E-state index < -0.39 is 11.0 Å². The molecule has 1 rings (SSSR count). The van der Waals surface area contributed by atoms with Crippen molar-refractivity contribution in [1.82, 2.24) is 0 Å². The fourth-order valence-electron chi connectivity index (χ4n) is 1.55. The van der Waals surface area contributed by atoms with E-state index in [4.69, 9.17) is 14.7 Å². The molecule has 0 aliphatic carbocycles. The van der Waals surface area contributed by atoms with Gasteiger partial charge >= 0.3 is 5.69 Å². The van der Waals surface area contributed by atoms with Gasteiger partial charge in [-0.1, -0.05) is 13.3 Å². The summed E-state index contributed by atoms with van der Waals surface area (Å²) in [6.07, 6.45) is 1.05. The van der Waals surface area contributed by atoms with E-state index in [2.05, 4.69) is 0 Å². The van der Waals surface area contributed by atoms with E-state index in [1.165, 1.54) is 12.1 Å². The first-order valence-electron chi connectivity index (χ1n) is 6.65. The monoisotopic (exact) mass is 294 g/mol. The maximum absolute atomic E-state index is 10.9. The van der Waals surface area contributed by atoms with Gasteiger partial charge in [0.15, 0.2) is 5.75 Å². The van der Waals surface area contributed by atoms with Crippen LogP contribution < -0.4 is 4.74 Å². The van der Waals surface area contributed by atoms with Crippen LogP contribution in [0.25, 0.3) is 0 Å². The van der Waals surface area contributed by atoms with Gasteiger partial charge < -0.3 is 14.6 Å². The molecule has 1 unspecified atom stereocenters. The Hall–Kier alpha value is -2.17. The molecule has 7 nitrogen and oxygen atoms in total. The molecule has 1 atom stereocenters. The number of hydrogen-bond donors (Lipinski definition) is 1. The summed E-state index contributed by atoms with van der Waals surface area (Å²) in [5.74, 6) is 0.0200. The van der Waals surface area contributed by atoms with Crippen molar-refractivity contribution in [2.45, 2.75) is 25.9 Å². The average molecular weight is 294 g/mol. The molecule has 0 amide bonds. The third-order valence-electron chi connectivity index (χ3n) is 2.67. The van der Waals surface area contributed by atoms with E-state index in [0.29, 0.717) is 6.61 Å². The third kappa shape index (κ3) is 5.77. The van der Waals surface area contributed by atoms with E-state index in [1.807, 2.05) is 13.0 Å². The van der Waals surface area contributed by atoms with Crippen LogP contribution in [0.1, 0.15) is 25.3 Å². The fraction of sp³-hybridized carbons (Fsp3) is 0.500. The Morgan fingerprint density at radius 2 is 2.24 bits per heavy atom. The highest BCUT2D eigenvalue weighted by molar-refractivity contribution is 5.51. The number of aliphatic hydroxyl groups is 1. The van der Waals surface area contributed by atoms with Crippen molar-refractivity contribution in [1.29, 1.82) is 5.26 Å². The van der Waals surface area contributed by atoms with Crippen molar-refractivity contribution >= 4 is 5.69 Å². The lowest BCUT2D eigenvalue weighted by atomic mass is 10.2. The zero-order chi connectivity index (χ0) is 15.7. The Balaban J connectivity index is 2.55. The van der Waals surface area contributed by atoms with Crippen molar-refractivity contribution in [3.63, 3.8) is 0 Å². The molecular weight excluding hydrogens is 276 g/mol.